The van der Waals surface area contributed by atoms with Gasteiger partial charge >= 0.3 is 0 Å². The Balaban J connectivity index is 1.42. The van der Waals surface area contributed by atoms with Gasteiger partial charge in [0.1, 0.15) is 11.2 Å². The number of nitrogens with zero attached hydrogens (tertiary/aromatic N) is 4. The summed E-state index contributed by atoms with van der Waals surface area (Å²) >= 11 is 1.74. The third kappa shape index (κ3) is 4.78. The van der Waals surface area contributed by atoms with Crippen LogP contribution >= 0.6 is 11.8 Å². The lowest BCUT2D eigenvalue weighted by Gasteiger charge is -2.37. The standard InChI is InChI=1S/C40H31N5S/c1-28(29-14-6-2-7-15-29)46-39-42-35-26-34-37(27-36(35)43-39)45(44-38(34)30-22-24-41-25-23-30)40(31-16-8-3-9-17-31,32-18-10-4-11-19-32)33-20-12-5-13-21-33/h2-28H,1H3,(H,42,43). The minimum absolute atomic E-state index is 0.251. The molecule has 0 bridgehead atoms. The molecular formula is C40H31N5S. The monoisotopic (exact) mass is 613 g/mol. The summed E-state index contributed by atoms with van der Waals surface area (Å²) in [5, 5.41) is 7.69. The Bertz CT molecular complexity index is 2130. The van der Waals surface area contributed by atoms with Crippen molar-refractivity contribution in [3.8, 4) is 11.3 Å². The van der Waals surface area contributed by atoms with Gasteiger partial charge in [-0.3, -0.25) is 4.98 Å². The van der Waals surface area contributed by atoms with Crippen molar-refractivity contribution in [1.82, 2.24) is 24.7 Å². The normalized spacial score (nSPS) is 12.5. The maximum Gasteiger partial charge on any atom is 0.166 e. The third-order valence-electron chi connectivity index (χ3n) is 8.66. The van der Waals surface area contributed by atoms with Gasteiger partial charge in [0.15, 0.2) is 5.16 Å². The molecule has 0 radical (unpaired) electrons. The number of nitrogens with one attached hydrogen (secondary N) is 1. The van der Waals surface area contributed by atoms with Gasteiger partial charge in [-0.2, -0.15) is 5.10 Å². The van der Waals surface area contributed by atoms with E-state index < -0.39 is 5.54 Å². The fourth-order valence-corrected chi connectivity index (χ4v) is 7.44. The predicted octanol–water partition coefficient (Wildman–Crippen LogP) is 9.67. The number of hydrogen-bond donors (Lipinski definition) is 1. The molecule has 0 aliphatic rings. The van der Waals surface area contributed by atoms with Gasteiger partial charge in [0.05, 0.1) is 16.6 Å². The second kappa shape index (κ2) is 11.8. The number of hydrogen-bond acceptors (Lipinski definition) is 4. The van der Waals surface area contributed by atoms with Crippen LogP contribution in [-0.4, -0.2) is 24.7 Å². The second-order valence-corrected chi connectivity index (χ2v) is 12.7. The molecule has 1 unspecified atom stereocenters. The summed E-state index contributed by atoms with van der Waals surface area (Å²) in [6.45, 7) is 2.22. The Morgan fingerprint density at radius 3 is 1.78 bits per heavy atom. The highest BCUT2D eigenvalue weighted by atomic mass is 32.2. The maximum absolute atomic E-state index is 5.52. The predicted molar refractivity (Wildman–Crippen MR) is 188 cm³/mol. The van der Waals surface area contributed by atoms with Crippen LogP contribution in [0.25, 0.3) is 33.2 Å². The number of thioether (sulfide) groups is 1. The summed E-state index contributed by atoms with van der Waals surface area (Å²) < 4.78 is 2.22. The van der Waals surface area contributed by atoms with E-state index in [0.717, 1.165) is 55.0 Å². The molecule has 3 heterocycles. The molecule has 3 aromatic heterocycles. The number of H-pyrrole nitrogens is 1. The van der Waals surface area contributed by atoms with Gasteiger partial charge in [-0.05, 0) is 53.4 Å². The molecule has 0 aliphatic heterocycles. The molecule has 5 nitrogen and oxygen atoms in total. The van der Waals surface area contributed by atoms with Gasteiger partial charge < -0.3 is 4.98 Å². The highest BCUT2D eigenvalue weighted by Crippen LogP contribution is 2.45. The summed E-state index contributed by atoms with van der Waals surface area (Å²) in [5.74, 6) is 0. The molecule has 0 aliphatic carbocycles. The van der Waals surface area contributed by atoms with E-state index in [-0.39, 0.29) is 5.25 Å². The first kappa shape index (κ1) is 28.0. The number of rotatable bonds is 8. The van der Waals surface area contributed by atoms with Crippen LogP contribution in [0.4, 0.5) is 0 Å². The number of aromatic nitrogens is 5. The summed E-state index contributed by atoms with van der Waals surface area (Å²) in [6.07, 6.45) is 3.65. The van der Waals surface area contributed by atoms with Crippen molar-refractivity contribution in [3.63, 3.8) is 0 Å². The Morgan fingerprint density at radius 2 is 1.22 bits per heavy atom. The SMILES string of the molecule is CC(Sc1nc2cc3c(-c4ccncc4)nn(C(c4ccccc4)(c4ccccc4)c4ccccc4)c3cc2[nH]1)c1ccccc1. The lowest BCUT2D eigenvalue weighted by atomic mass is 9.77. The van der Waals surface area contributed by atoms with Crippen molar-refractivity contribution in [1.29, 1.82) is 0 Å². The van der Waals surface area contributed by atoms with Crippen molar-refractivity contribution in [2.24, 2.45) is 0 Å². The Labute approximate surface area is 272 Å². The fourth-order valence-electron chi connectivity index (χ4n) is 6.49. The van der Waals surface area contributed by atoms with E-state index in [1.165, 1.54) is 5.56 Å². The average Bonchev–Trinajstić information content (AvgIpc) is 3.70. The van der Waals surface area contributed by atoms with Gasteiger partial charge in [-0.15, -0.1) is 0 Å². The Hall–Kier alpha value is -5.46. The van der Waals surface area contributed by atoms with Crippen molar-refractivity contribution in [3.05, 3.63) is 180 Å². The molecule has 1 N–H and O–H groups in total. The summed E-state index contributed by atoms with van der Waals surface area (Å²) in [7, 11) is 0. The van der Waals surface area contributed by atoms with Crippen LogP contribution in [0.1, 0.15) is 34.4 Å². The third-order valence-corrected chi connectivity index (χ3v) is 9.71. The quantitative estimate of drug-likeness (QED) is 0.137. The molecule has 222 valence electrons. The maximum atomic E-state index is 5.52. The van der Waals surface area contributed by atoms with E-state index in [0.29, 0.717) is 0 Å². The topological polar surface area (TPSA) is 59.4 Å². The first-order chi connectivity index (χ1) is 22.7. The van der Waals surface area contributed by atoms with E-state index in [9.17, 15) is 0 Å². The smallest absolute Gasteiger partial charge is 0.166 e. The first-order valence-electron chi connectivity index (χ1n) is 15.4. The molecule has 1 atom stereocenters. The lowest BCUT2D eigenvalue weighted by Crippen LogP contribution is -2.38. The van der Waals surface area contributed by atoms with Gasteiger partial charge in [0, 0.05) is 28.6 Å². The van der Waals surface area contributed by atoms with Gasteiger partial charge in [-0.25, -0.2) is 9.67 Å². The van der Waals surface area contributed by atoms with Crippen molar-refractivity contribution >= 4 is 33.7 Å². The highest BCUT2D eigenvalue weighted by Gasteiger charge is 2.41. The number of benzene rings is 5. The zero-order valence-corrected chi connectivity index (χ0v) is 26.1. The van der Waals surface area contributed by atoms with Crippen molar-refractivity contribution in [2.45, 2.75) is 22.9 Å². The van der Waals surface area contributed by atoms with Crippen molar-refractivity contribution in [2.75, 3.05) is 0 Å². The highest BCUT2D eigenvalue weighted by molar-refractivity contribution is 7.99. The van der Waals surface area contributed by atoms with Crippen LogP contribution in [0.15, 0.2) is 163 Å². The van der Waals surface area contributed by atoms with Gasteiger partial charge in [0.25, 0.3) is 0 Å². The molecule has 8 aromatic rings. The summed E-state index contributed by atoms with van der Waals surface area (Å²) in [4.78, 5) is 13.0. The lowest BCUT2D eigenvalue weighted by molar-refractivity contribution is 0.477. The van der Waals surface area contributed by atoms with Crippen LogP contribution in [0.2, 0.25) is 0 Å². The Morgan fingerprint density at radius 1 is 0.674 bits per heavy atom. The average molecular weight is 614 g/mol. The molecule has 46 heavy (non-hydrogen) atoms. The van der Waals surface area contributed by atoms with E-state index in [4.69, 9.17) is 10.1 Å². The molecule has 8 rings (SSSR count). The zero-order valence-electron chi connectivity index (χ0n) is 25.3. The molecular weight excluding hydrogens is 583 g/mol. The fraction of sp³-hybridized carbons (Fsp3) is 0.0750. The van der Waals surface area contributed by atoms with Crippen LogP contribution in [0, 0.1) is 0 Å². The van der Waals surface area contributed by atoms with E-state index in [1.54, 1.807) is 11.8 Å². The van der Waals surface area contributed by atoms with E-state index in [1.807, 2.05) is 24.5 Å². The summed E-state index contributed by atoms with van der Waals surface area (Å²) in [6, 6.07) is 51.1. The Kier molecular flexibility index (Phi) is 7.20. The van der Waals surface area contributed by atoms with Crippen molar-refractivity contribution < 1.29 is 0 Å². The van der Waals surface area contributed by atoms with E-state index in [2.05, 4.69) is 155 Å². The molecule has 0 amide bonds. The van der Waals surface area contributed by atoms with Gasteiger partial charge in [0.2, 0.25) is 0 Å². The van der Waals surface area contributed by atoms with Crippen LogP contribution in [0.3, 0.4) is 0 Å². The molecule has 6 heteroatoms. The first-order valence-corrected chi connectivity index (χ1v) is 16.3. The number of imidazole rings is 1. The summed E-state index contributed by atoms with van der Waals surface area (Å²) in [5.41, 5.74) is 8.66. The largest absolute Gasteiger partial charge is 0.333 e. The molecule has 0 spiro atoms. The number of fused-ring (bicyclic) bond motifs is 2. The molecule has 0 fully saturated rings. The molecule has 0 saturated carbocycles. The molecule has 5 aromatic carbocycles. The number of pyridine rings is 1. The molecule has 0 saturated heterocycles. The minimum atomic E-state index is -0.763. The van der Waals surface area contributed by atoms with Crippen LogP contribution in [-0.2, 0) is 5.54 Å². The van der Waals surface area contributed by atoms with Crippen LogP contribution < -0.4 is 0 Å². The zero-order chi connectivity index (χ0) is 30.9. The van der Waals surface area contributed by atoms with Crippen LogP contribution in [0.5, 0.6) is 0 Å². The van der Waals surface area contributed by atoms with Gasteiger partial charge in [-0.1, -0.05) is 133 Å². The minimum Gasteiger partial charge on any atom is -0.333 e. The van der Waals surface area contributed by atoms with E-state index >= 15 is 0 Å². The second-order valence-electron chi connectivity index (χ2n) is 11.4. The number of aromatic amines is 1.